The van der Waals surface area contributed by atoms with Crippen LogP contribution in [0.3, 0.4) is 0 Å². The lowest BCUT2D eigenvalue weighted by Crippen LogP contribution is -2.39. The molecular formula is C12H16FNO2. The van der Waals surface area contributed by atoms with E-state index in [0.29, 0.717) is 5.56 Å². The summed E-state index contributed by atoms with van der Waals surface area (Å²) in [7, 11) is 1.49. The number of carbonyl (C=O) groups excluding carboxylic acids is 1. The summed E-state index contributed by atoms with van der Waals surface area (Å²) in [6.45, 7) is 3.39. The first kappa shape index (κ1) is 12.6. The molecule has 0 saturated heterocycles. The number of methoxy groups -OCH3 is 1. The fourth-order valence-electron chi connectivity index (χ4n) is 1.46. The van der Waals surface area contributed by atoms with E-state index in [9.17, 15) is 9.18 Å². The van der Waals surface area contributed by atoms with Crippen molar-refractivity contribution < 1.29 is 13.9 Å². The Bertz CT molecular complexity index is 381. The number of nitrogens with one attached hydrogen (secondary N) is 1. The molecule has 4 heteroatoms. The molecule has 0 fully saturated rings. The van der Waals surface area contributed by atoms with Crippen LogP contribution in [0.25, 0.3) is 0 Å². The molecule has 1 N–H and O–H groups in total. The zero-order valence-electron chi connectivity index (χ0n) is 9.71. The van der Waals surface area contributed by atoms with Crippen molar-refractivity contribution in [2.75, 3.05) is 13.7 Å². The van der Waals surface area contributed by atoms with Crippen molar-refractivity contribution in [2.24, 2.45) is 0 Å². The molecule has 0 aliphatic carbocycles. The van der Waals surface area contributed by atoms with Crippen molar-refractivity contribution >= 4 is 5.91 Å². The van der Waals surface area contributed by atoms with Crippen LogP contribution in [0.4, 0.5) is 4.39 Å². The van der Waals surface area contributed by atoms with Crippen molar-refractivity contribution in [1.29, 1.82) is 0 Å². The summed E-state index contributed by atoms with van der Waals surface area (Å²) in [4.78, 5) is 10.9. The quantitative estimate of drug-likeness (QED) is 0.848. The molecule has 0 bridgehead atoms. The molecule has 0 heterocycles. The molecule has 16 heavy (non-hydrogen) atoms. The largest absolute Gasteiger partial charge is 0.372 e. The van der Waals surface area contributed by atoms with Crippen molar-refractivity contribution in [3.63, 3.8) is 0 Å². The lowest BCUT2D eigenvalue weighted by molar-refractivity contribution is -0.120. The smallest absolute Gasteiger partial charge is 0.216 e. The summed E-state index contributed by atoms with van der Waals surface area (Å²) in [5.74, 6) is -0.503. The summed E-state index contributed by atoms with van der Waals surface area (Å²) in [5.41, 5.74) is -0.414. The Kier molecular flexibility index (Phi) is 4.01. The summed E-state index contributed by atoms with van der Waals surface area (Å²) in [6, 6.07) is 6.39. The topological polar surface area (TPSA) is 38.3 Å². The molecule has 3 nitrogen and oxygen atoms in total. The SMILES string of the molecule is CO[C@@](C)(CNC(C)=O)c1ccccc1F. The molecule has 0 aliphatic heterocycles. The van der Waals surface area contributed by atoms with Gasteiger partial charge in [-0.3, -0.25) is 4.79 Å². The average Bonchev–Trinajstić information content (AvgIpc) is 2.26. The third-order valence-electron chi connectivity index (χ3n) is 2.57. The standard InChI is InChI=1S/C12H16FNO2/c1-9(15)14-8-12(2,16-3)10-6-4-5-7-11(10)13/h4-7H,8H2,1-3H3,(H,14,15)/t12-/m0/s1. The Labute approximate surface area is 94.6 Å². The first-order valence-corrected chi connectivity index (χ1v) is 5.04. The van der Waals surface area contributed by atoms with Gasteiger partial charge in [-0.2, -0.15) is 0 Å². The Morgan fingerprint density at radius 1 is 1.50 bits per heavy atom. The second kappa shape index (κ2) is 5.07. The van der Waals surface area contributed by atoms with E-state index in [1.807, 2.05) is 0 Å². The van der Waals surface area contributed by atoms with Gasteiger partial charge in [-0.15, -0.1) is 0 Å². The minimum Gasteiger partial charge on any atom is -0.372 e. The molecule has 0 radical (unpaired) electrons. The first-order valence-electron chi connectivity index (χ1n) is 5.04. The summed E-state index contributed by atoms with van der Waals surface area (Å²) < 4.78 is 18.9. The van der Waals surface area contributed by atoms with E-state index < -0.39 is 5.60 Å². The predicted octanol–water partition coefficient (Wildman–Crippen LogP) is 1.82. The lowest BCUT2D eigenvalue weighted by Gasteiger charge is -2.29. The van der Waals surface area contributed by atoms with E-state index in [4.69, 9.17) is 4.74 Å². The van der Waals surface area contributed by atoms with Crippen molar-refractivity contribution in [1.82, 2.24) is 5.32 Å². The van der Waals surface area contributed by atoms with Crippen LogP contribution in [0.2, 0.25) is 0 Å². The molecule has 0 saturated carbocycles. The third kappa shape index (κ3) is 2.79. The van der Waals surface area contributed by atoms with Crippen LogP contribution in [-0.4, -0.2) is 19.6 Å². The van der Waals surface area contributed by atoms with Gasteiger partial charge in [-0.05, 0) is 13.0 Å². The molecule has 1 aromatic carbocycles. The van der Waals surface area contributed by atoms with Crippen molar-refractivity contribution in [2.45, 2.75) is 19.4 Å². The maximum atomic E-state index is 13.6. The number of rotatable bonds is 4. The maximum absolute atomic E-state index is 13.6. The minimum atomic E-state index is -0.850. The second-order valence-corrected chi connectivity index (χ2v) is 3.82. The number of hydrogen-bond acceptors (Lipinski definition) is 2. The first-order chi connectivity index (χ1) is 7.49. The van der Waals surface area contributed by atoms with Crippen LogP contribution >= 0.6 is 0 Å². The van der Waals surface area contributed by atoms with Crippen LogP contribution in [-0.2, 0) is 15.1 Å². The van der Waals surface area contributed by atoms with Gasteiger partial charge in [0.25, 0.3) is 0 Å². The van der Waals surface area contributed by atoms with Gasteiger partial charge in [0, 0.05) is 19.6 Å². The summed E-state index contributed by atoms with van der Waals surface area (Å²) >= 11 is 0. The number of halogens is 1. The molecule has 1 rings (SSSR count). The lowest BCUT2D eigenvalue weighted by atomic mass is 9.95. The molecule has 88 valence electrons. The summed E-state index contributed by atoms with van der Waals surface area (Å²) in [6.07, 6.45) is 0. The van der Waals surface area contributed by atoms with E-state index in [2.05, 4.69) is 5.32 Å². The van der Waals surface area contributed by atoms with E-state index in [-0.39, 0.29) is 18.3 Å². The number of benzene rings is 1. The Hall–Kier alpha value is -1.42. The molecular weight excluding hydrogens is 209 g/mol. The van der Waals surface area contributed by atoms with Gasteiger partial charge in [0.2, 0.25) is 5.91 Å². The highest BCUT2D eigenvalue weighted by atomic mass is 19.1. The molecule has 0 aliphatic rings. The van der Waals surface area contributed by atoms with Gasteiger partial charge in [0.05, 0.1) is 6.54 Å². The van der Waals surface area contributed by atoms with Gasteiger partial charge >= 0.3 is 0 Å². The molecule has 1 aromatic rings. The Morgan fingerprint density at radius 2 is 2.12 bits per heavy atom. The number of carbonyl (C=O) groups is 1. The van der Waals surface area contributed by atoms with Crippen LogP contribution in [0.15, 0.2) is 24.3 Å². The third-order valence-corrected chi connectivity index (χ3v) is 2.57. The monoisotopic (exact) mass is 225 g/mol. The van der Waals surface area contributed by atoms with Crippen molar-refractivity contribution in [3.8, 4) is 0 Å². The predicted molar refractivity (Wildman–Crippen MR) is 59.4 cm³/mol. The van der Waals surface area contributed by atoms with Crippen LogP contribution in [0.5, 0.6) is 0 Å². The molecule has 0 aromatic heterocycles. The van der Waals surface area contributed by atoms with Gasteiger partial charge in [-0.1, -0.05) is 18.2 Å². The van der Waals surface area contributed by atoms with Crippen molar-refractivity contribution in [3.05, 3.63) is 35.6 Å². The molecule has 1 amide bonds. The van der Waals surface area contributed by atoms with Gasteiger partial charge in [0.15, 0.2) is 0 Å². The highest BCUT2D eigenvalue weighted by Gasteiger charge is 2.29. The number of ether oxygens (including phenoxy) is 1. The highest BCUT2D eigenvalue weighted by Crippen LogP contribution is 2.26. The number of amides is 1. The molecule has 0 spiro atoms. The fraction of sp³-hybridized carbons (Fsp3) is 0.417. The zero-order valence-corrected chi connectivity index (χ0v) is 9.71. The zero-order chi connectivity index (χ0) is 12.2. The summed E-state index contributed by atoms with van der Waals surface area (Å²) in [5, 5.41) is 2.63. The number of hydrogen-bond donors (Lipinski definition) is 1. The maximum Gasteiger partial charge on any atom is 0.216 e. The van der Waals surface area contributed by atoms with E-state index >= 15 is 0 Å². The van der Waals surface area contributed by atoms with Crippen LogP contribution in [0, 0.1) is 5.82 Å². The molecule has 1 atom stereocenters. The second-order valence-electron chi connectivity index (χ2n) is 3.82. The average molecular weight is 225 g/mol. The Morgan fingerprint density at radius 3 is 2.62 bits per heavy atom. The van der Waals surface area contributed by atoms with Gasteiger partial charge < -0.3 is 10.1 Å². The van der Waals surface area contributed by atoms with E-state index in [1.165, 1.54) is 20.1 Å². The normalized spacial score (nSPS) is 14.2. The van der Waals surface area contributed by atoms with E-state index in [1.54, 1.807) is 25.1 Å². The van der Waals surface area contributed by atoms with Crippen LogP contribution in [0.1, 0.15) is 19.4 Å². The molecule has 0 unspecified atom stereocenters. The fourth-order valence-corrected chi connectivity index (χ4v) is 1.46. The van der Waals surface area contributed by atoms with Crippen LogP contribution < -0.4 is 5.32 Å². The van der Waals surface area contributed by atoms with Gasteiger partial charge in [0.1, 0.15) is 11.4 Å². The van der Waals surface area contributed by atoms with E-state index in [0.717, 1.165) is 0 Å². The minimum absolute atomic E-state index is 0.167. The highest BCUT2D eigenvalue weighted by molar-refractivity contribution is 5.72. The Balaban J connectivity index is 2.95. The van der Waals surface area contributed by atoms with Gasteiger partial charge in [-0.25, -0.2) is 4.39 Å².